The average molecular weight is 367 g/mol. The number of hydrogen-bond acceptors (Lipinski definition) is 4. The molecule has 0 radical (unpaired) electrons. The second-order valence-electron chi connectivity index (χ2n) is 7.77. The molecule has 2 aliphatic rings. The van der Waals surface area contributed by atoms with Crippen molar-refractivity contribution < 1.29 is 4.79 Å². The molecule has 27 heavy (non-hydrogen) atoms. The summed E-state index contributed by atoms with van der Waals surface area (Å²) in [6, 6.07) is 11.0. The smallest absolute Gasteiger partial charge is 0.222 e. The fourth-order valence-electron chi connectivity index (χ4n) is 3.88. The van der Waals surface area contributed by atoms with E-state index in [1.165, 1.54) is 18.4 Å². The van der Waals surface area contributed by atoms with Crippen LogP contribution in [0.5, 0.6) is 0 Å². The highest BCUT2D eigenvalue weighted by Crippen LogP contribution is 2.37. The summed E-state index contributed by atoms with van der Waals surface area (Å²) in [6.45, 7) is 2.85. The second-order valence-corrected chi connectivity index (χ2v) is 7.77. The standard InChI is InChI=1S/C22H30N4O/c1-3-4-14-22(23-24-22)15-13-21(27)25(2)18-20-12-8-9-16-26(20)17-19-10-6-5-7-11-19/h1,5-7,10-11,20H,4,8-9,12-18H2,2H3/t20-/m1/s1. The molecule has 0 aromatic heterocycles. The first kappa shape index (κ1) is 19.6. The van der Waals surface area contributed by atoms with Gasteiger partial charge >= 0.3 is 0 Å². The van der Waals surface area contributed by atoms with Crippen molar-refractivity contribution in [2.45, 2.75) is 63.2 Å². The van der Waals surface area contributed by atoms with E-state index in [9.17, 15) is 4.79 Å². The van der Waals surface area contributed by atoms with E-state index >= 15 is 0 Å². The molecule has 5 nitrogen and oxygen atoms in total. The van der Waals surface area contributed by atoms with Crippen LogP contribution in [0.2, 0.25) is 0 Å². The maximum absolute atomic E-state index is 12.6. The molecule has 0 bridgehead atoms. The van der Waals surface area contributed by atoms with Crippen LogP contribution in [0.3, 0.4) is 0 Å². The summed E-state index contributed by atoms with van der Waals surface area (Å²) in [5.41, 5.74) is 0.971. The van der Waals surface area contributed by atoms with E-state index in [0.717, 1.165) is 32.5 Å². The highest BCUT2D eigenvalue weighted by molar-refractivity contribution is 5.76. The lowest BCUT2D eigenvalue weighted by molar-refractivity contribution is -0.131. The van der Waals surface area contributed by atoms with Crippen molar-refractivity contribution >= 4 is 5.91 Å². The van der Waals surface area contributed by atoms with Crippen molar-refractivity contribution in [1.82, 2.24) is 9.80 Å². The van der Waals surface area contributed by atoms with E-state index in [-0.39, 0.29) is 11.6 Å². The van der Waals surface area contributed by atoms with Crippen molar-refractivity contribution in [3.8, 4) is 12.3 Å². The van der Waals surface area contributed by atoms with Gasteiger partial charge in [-0.2, -0.15) is 10.2 Å². The van der Waals surface area contributed by atoms with Crippen LogP contribution in [0.15, 0.2) is 40.6 Å². The van der Waals surface area contributed by atoms with Gasteiger partial charge in [0.2, 0.25) is 5.91 Å². The molecule has 0 spiro atoms. The van der Waals surface area contributed by atoms with Gasteiger partial charge in [-0.25, -0.2) is 0 Å². The largest absolute Gasteiger partial charge is 0.344 e. The second kappa shape index (κ2) is 9.14. The number of benzene rings is 1. The van der Waals surface area contributed by atoms with Crippen molar-refractivity contribution in [1.29, 1.82) is 0 Å². The summed E-state index contributed by atoms with van der Waals surface area (Å²) in [7, 11) is 1.92. The van der Waals surface area contributed by atoms with Crippen LogP contribution < -0.4 is 0 Å². The Balaban J connectivity index is 1.48. The van der Waals surface area contributed by atoms with Gasteiger partial charge < -0.3 is 4.90 Å². The zero-order chi connectivity index (χ0) is 19.1. The Morgan fingerprint density at radius 2 is 2.07 bits per heavy atom. The Bertz CT molecular complexity index is 688. The molecule has 5 heteroatoms. The SMILES string of the molecule is C#CCCC1(CCC(=O)N(C)C[C@H]2CCCCN2Cc2ccccc2)N=N1. The zero-order valence-electron chi connectivity index (χ0n) is 16.3. The molecule has 3 rings (SSSR count). The first-order valence-corrected chi connectivity index (χ1v) is 10.0. The minimum atomic E-state index is -0.368. The van der Waals surface area contributed by atoms with Gasteiger partial charge in [0.05, 0.1) is 0 Å². The van der Waals surface area contributed by atoms with Crippen LogP contribution in [0, 0.1) is 12.3 Å². The maximum Gasteiger partial charge on any atom is 0.222 e. The highest BCUT2D eigenvalue weighted by atomic mass is 16.2. The van der Waals surface area contributed by atoms with Crippen LogP contribution >= 0.6 is 0 Å². The first-order chi connectivity index (χ1) is 13.1. The zero-order valence-corrected chi connectivity index (χ0v) is 16.3. The summed E-state index contributed by atoms with van der Waals surface area (Å²) in [5, 5.41) is 8.26. The predicted molar refractivity (Wildman–Crippen MR) is 107 cm³/mol. The molecule has 0 aliphatic carbocycles. The number of nitrogens with zero attached hydrogens (tertiary/aromatic N) is 4. The number of rotatable bonds is 9. The summed E-state index contributed by atoms with van der Waals surface area (Å²) in [5.74, 6) is 2.81. The van der Waals surface area contributed by atoms with Crippen LogP contribution in [-0.4, -0.2) is 47.5 Å². The number of piperidine rings is 1. The Morgan fingerprint density at radius 1 is 1.30 bits per heavy atom. The molecular formula is C22H30N4O. The maximum atomic E-state index is 12.6. The molecule has 144 valence electrons. The van der Waals surface area contributed by atoms with Crippen LogP contribution in [0.1, 0.15) is 50.5 Å². The number of likely N-dealkylation sites (N-methyl/N-ethyl adjacent to an activating group) is 1. The molecule has 1 atom stereocenters. The van der Waals surface area contributed by atoms with E-state index in [0.29, 0.717) is 25.3 Å². The van der Waals surface area contributed by atoms with Crippen molar-refractivity contribution in [3.63, 3.8) is 0 Å². The number of terminal acetylenes is 1. The molecule has 0 saturated carbocycles. The topological polar surface area (TPSA) is 48.3 Å². The molecule has 2 heterocycles. The molecule has 1 fully saturated rings. The molecule has 1 amide bonds. The summed E-state index contributed by atoms with van der Waals surface area (Å²) in [6.07, 6.45) is 11.5. The quantitative estimate of drug-likeness (QED) is 0.623. The fraction of sp³-hybridized carbons (Fsp3) is 0.591. The normalized spacial score (nSPS) is 20.8. The van der Waals surface area contributed by atoms with Gasteiger partial charge in [0, 0.05) is 51.9 Å². The van der Waals surface area contributed by atoms with Gasteiger partial charge in [0.1, 0.15) is 0 Å². The average Bonchev–Trinajstić information content (AvgIpc) is 3.47. The Morgan fingerprint density at radius 3 is 2.78 bits per heavy atom. The molecule has 2 aliphatic heterocycles. The minimum Gasteiger partial charge on any atom is -0.344 e. The van der Waals surface area contributed by atoms with Gasteiger partial charge in [-0.15, -0.1) is 12.3 Å². The molecular weight excluding hydrogens is 336 g/mol. The Kier molecular flexibility index (Phi) is 6.63. The predicted octanol–water partition coefficient (Wildman–Crippen LogP) is 3.86. The first-order valence-electron chi connectivity index (χ1n) is 10.0. The minimum absolute atomic E-state index is 0.178. The van der Waals surface area contributed by atoms with E-state index in [1.807, 2.05) is 11.9 Å². The molecule has 1 aromatic carbocycles. The van der Waals surface area contributed by atoms with Gasteiger partial charge in [-0.05, 0) is 24.9 Å². The summed E-state index contributed by atoms with van der Waals surface area (Å²) >= 11 is 0. The number of likely N-dealkylation sites (tertiary alicyclic amines) is 1. The van der Waals surface area contributed by atoms with Gasteiger partial charge in [0.15, 0.2) is 5.66 Å². The van der Waals surface area contributed by atoms with Crippen molar-refractivity contribution in [2.75, 3.05) is 20.1 Å². The number of carbonyl (C=O) groups is 1. The summed E-state index contributed by atoms with van der Waals surface area (Å²) < 4.78 is 0. The third kappa shape index (κ3) is 5.64. The molecule has 1 aromatic rings. The number of amides is 1. The van der Waals surface area contributed by atoms with Crippen molar-refractivity contribution in [2.24, 2.45) is 10.2 Å². The fourth-order valence-corrected chi connectivity index (χ4v) is 3.88. The molecule has 0 N–H and O–H groups in total. The third-order valence-corrected chi connectivity index (χ3v) is 5.68. The number of hydrogen-bond donors (Lipinski definition) is 0. The lowest BCUT2D eigenvalue weighted by Gasteiger charge is -2.38. The Labute approximate surface area is 162 Å². The van der Waals surface area contributed by atoms with E-state index < -0.39 is 0 Å². The molecule has 0 unspecified atom stereocenters. The van der Waals surface area contributed by atoms with Crippen molar-refractivity contribution in [3.05, 3.63) is 35.9 Å². The van der Waals surface area contributed by atoms with Crippen LogP contribution in [0.4, 0.5) is 0 Å². The van der Waals surface area contributed by atoms with Crippen LogP contribution in [-0.2, 0) is 11.3 Å². The van der Waals surface area contributed by atoms with Crippen LogP contribution in [0.25, 0.3) is 0 Å². The highest BCUT2D eigenvalue weighted by Gasteiger charge is 2.39. The van der Waals surface area contributed by atoms with E-state index in [2.05, 4.69) is 51.4 Å². The van der Waals surface area contributed by atoms with Gasteiger partial charge in [-0.3, -0.25) is 9.69 Å². The Hall–Kier alpha value is -2.19. The summed E-state index contributed by atoms with van der Waals surface area (Å²) in [4.78, 5) is 17.0. The van der Waals surface area contributed by atoms with Gasteiger partial charge in [0.25, 0.3) is 0 Å². The lowest BCUT2D eigenvalue weighted by Crippen LogP contribution is -2.46. The lowest BCUT2D eigenvalue weighted by atomic mass is 9.99. The third-order valence-electron chi connectivity index (χ3n) is 5.68. The monoisotopic (exact) mass is 366 g/mol. The van der Waals surface area contributed by atoms with E-state index in [1.54, 1.807) is 0 Å². The molecule has 1 saturated heterocycles. The van der Waals surface area contributed by atoms with Gasteiger partial charge in [-0.1, -0.05) is 36.8 Å². The number of carbonyl (C=O) groups excluding carboxylic acids is 1. The van der Waals surface area contributed by atoms with E-state index in [4.69, 9.17) is 6.42 Å².